The van der Waals surface area contributed by atoms with Crippen molar-refractivity contribution >= 4 is 46.4 Å². The molecule has 0 saturated heterocycles. The van der Waals surface area contributed by atoms with Gasteiger partial charge in [0.05, 0.1) is 0 Å². The SMILES string of the molecule is C=CCI.[2H]I. The monoisotopic (exact) mass is 297 g/mol. The van der Waals surface area contributed by atoms with Gasteiger partial charge in [-0.05, 0) is 0 Å². The summed E-state index contributed by atoms with van der Waals surface area (Å²) < 4.78 is 6.77. The third kappa shape index (κ3) is 11.0. The fourth-order valence-corrected chi connectivity index (χ4v) is 0. The van der Waals surface area contributed by atoms with Crippen molar-refractivity contribution in [2.45, 2.75) is 0 Å². The molecule has 0 aromatic heterocycles. The summed E-state index contributed by atoms with van der Waals surface area (Å²) >= 11 is 3.63. The Morgan fingerprint density at radius 2 is 2.40 bits per heavy atom. The molecule has 0 aliphatic rings. The molecule has 0 heterocycles. The zero-order valence-electron chi connectivity index (χ0n) is 3.75. The zero-order valence-corrected chi connectivity index (χ0v) is 7.06. The molecule has 0 bridgehead atoms. The first-order valence-corrected chi connectivity index (χ1v) is 2.61. The molecule has 0 amide bonds. The summed E-state index contributed by atoms with van der Waals surface area (Å²) in [5, 5.41) is 0. The van der Waals surface area contributed by atoms with E-state index in [4.69, 9.17) is 0.594 Å². The van der Waals surface area contributed by atoms with Crippen molar-refractivity contribution < 1.29 is 0 Å². The van der Waals surface area contributed by atoms with Crippen molar-refractivity contribution in [3.8, 4) is 0 Å². The molecule has 5 heavy (non-hydrogen) atoms. The first-order valence-electron chi connectivity index (χ1n) is 1.46. The van der Waals surface area contributed by atoms with Crippen molar-refractivity contribution in [1.29, 1.82) is 0.594 Å². The molecule has 0 aromatic carbocycles. The van der Waals surface area contributed by atoms with Crippen LogP contribution >= 0.6 is 46.4 Å². The van der Waals surface area contributed by atoms with Crippen molar-refractivity contribution in [1.82, 2.24) is 0 Å². The van der Waals surface area contributed by atoms with Crippen LogP contribution in [-0.2, 0) is 0 Å². The summed E-state index contributed by atoms with van der Waals surface area (Å²) in [5.74, 6) is 0. The Kier molecular flexibility index (Phi) is 11.1. The van der Waals surface area contributed by atoms with Crippen molar-refractivity contribution in [3.63, 3.8) is 0 Å². The largest absolute Gasteiger partial charge is 0.107 e. The third-order valence-electron chi connectivity index (χ3n) is 0.109. The van der Waals surface area contributed by atoms with E-state index in [9.17, 15) is 0 Å². The minimum atomic E-state index is 1.05. The molecule has 0 rings (SSSR count). The number of hydrogen-bond donors (Lipinski definition) is 0. The second-order valence-corrected chi connectivity index (χ2v) is 1.32. The molecule has 0 fully saturated rings. The molecule has 0 saturated carbocycles. The average Bonchev–Trinajstić information content (AvgIpc) is 1.72. The Morgan fingerprint density at radius 3 is 2.40 bits per heavy atom. The van der Waals surface area contributed by atoms with Gasteiger partial charge in [0, 0.05) is 4.43 Å². The predicted molar refractivity (Wildman–Crippen MR) is 44.5 cm³/mol. The molecule has 0 unspecified atom stereocenters. The molecule has 0 radical (unpaired) electrons. The maximum atomic E-state index is 5.72. The van der Waals surface area contributed by atoms with Gasteiger partial charge in [0.25, 0.3) is 0 Å². The maximum absolute atomic E-state index is 5.72. The highest BCUT2D eigenvalue weighted by atomic mass is 127. The number of allylic oxidation sites excluding steroid dienone is 1. The topological polar surface area (TPSA) is 0 Å². The van der Waals surface area contributed by atoms with E-state index in [0.29, 0.717) is 0 Å². The van der Waals surface area contributed by atoms with Crippen molar-refractivity contribution in [3.05, 3.63) is 12.7 Å². The highest BCUT2D eigenvalue weighted by molar-refractivity contribution is 14.1. The fraction of sp³-hybridized carbons (Fsp3) is 0.333. The lowest BCUT2D eigenvalue weighted by molar-refractivity contribution is 1.90. The van der Waals surface area contributed by atoms with Crippen LogP contribution in [0.25, 0.3) is 0 Å². The van der Waals surface area contributed by atoms with Crippen LogP contribution in [-0.4, -0.2) is 5.02 Å². The van der Waals surface area contributed by atoms with Gasteiger partial charge in [-0.2, -0.15) is 0 Å². The van der Waals surface area contributed by atoms with Gasteiger partial charge < -0.3 is 0 Å². The summed E-state index contributed by atoms with van der Waals surface area (Å²) in [5.41, 5.74) is 0. The van der Waals surface area contributed by atoms with Crippen molar-refractivity contribution in [2.24, 2.45) is 0 Å². The normalized spacial score (nSPS) is 6.40. The molecule has 0 spiro atoms. The first-order chi connectivity index (χ1) is 2.91. The Labute approximate surface area is 63.6 Å². The summed E-state index contributed by atoms with van der Waals surface area (Å²) in [6, 6.07) is 0. The van der Waals surface area contributed by atoms with Gasteiger partial charge in [0.2, 0.25) is 0 Å². The Hall–Kier alpha value is 1.20. The quantitative estimate of drug-likeness (QED) is 0.395. The Balaban J connectivity index is 0. The first kappa shape index (κ1) is 6.20. The molecule has 0 N–H and O–H groups in total. The lowest BCUT2D eigenvalue weighted by Gasteiger charge is -1.55. The second-order valence-electron chi connectivity index (χ2n) is 0.443. The van der Waals surface area contributed by atoms with Gasteiger partial charge in [-0.15, -0.1) is 30.4 Å². The Bertz CT molecular complexity index is 22.8. The van der Waals surface area contributed by atoms with Crippen LogP contribution in [0.15, 0.2) is 12.7 Å². The third-order valence-corrected chi connectivity index (χ3v) is 0.732. The van der Waals surface area contributed by atoms with Crippen LogP contribution in [0.2, 0.25) is 0 Å². The fourth-order valence-electron chi connectivity index (χ4n) is 0. The standard InChI is InChI=1S/C3H5I.HI/c1-2-3-4;/h2H,1,3H2;1H/i/hD. The van der Waals surface area contributed by atoms with E-state index in [0.717, 1.165) is 4.43 Å². The zero-order chi connectivity index (χ0) is 5.41. The van der Waals surface area contributed by atoms with E-state index in [1.54, 1.807) is 0 Å². The van der Waals surface area contributed by atoms with Gasteiger partial charge in [0.1, 0.15) is 0.594 Å². The molecule has 0 aliphatic carbocycles. The molecule has 0 atom stereocenters. The molecule has 2 heteroatoms. The van der Waals surface area contributed by atoms with Gasteiger partial charge in [-0.1, -0.05) is 28.7 Å². The molecular weight excluding hydrogens is 290 g/mol. The van der Waals surface area contributed by atoms with E-state index in [2.05, 4.69) is 29.2 Å². The van der Waals surface area contributed by atoms with E-state index >= 15 is 0 Å². The minimum Gasteiger partial charge on any atom is -0.107 e. The van der Waals surface area contributed by atoms with Crippen LogP contribution in [0.4, 0.5) is 0 Å². The van der Waals surface area contributed by atoms with Crippen LogP contribution in [0.1, 0.15) is 0 Å². The van der Waals surface area contributed by atoms with Crippen molar-refractivity contribution in [2.75, 3.05) is 4.43 Å². The van der Waals surface area contributed by atoms with E-state index in [1.807, 2.05) is 6.08 Å². The van der Waals surface area contributed by atoms with E-state index in [-0.39, 0.29) is 0 Å². The molecular formula is C3H6I2. The van der Waals surface area contributed by atoms with Crippen LogP contribution in [0.3, 0.4) is 0 Å². The van der Waals surface area contributed by atoms with Gasteiger partial charge >= 0.3 is 0 Å². The lowest BCUT2D eigenvalue weighted by atomic mass is 10.8. The molecule has 0 aliphatic heterocycles. The van der Waals surface area contributed by atoms with Gasteiger partial charge in [0.15, 0.2) is 0 Å². The molecule has 32 valence electrons. The molecule has 0 aromatic rings. The summed E-state index contributed by atoms with van der Waals surface area (Å²) in [6.45, 7) is 3.47. The van der Waals surface area contributed by atoms with E-state index < -0.39 is 0 Å². The van der Waals surface area contributed by atoms with Crippen LogP contribution in [0, 0.1) is 0 Å². The maximum Gasteiger partial charge on any atom is 0.107 e. The minimum absolute atomic E-state index is 1.05. The second kappa shape index (κ2) is 8.96. The lowest BCUT2D eigenvalue weighted by Crippen LogP contribution is -1.43. The summed E-state index contributed by atoms with van der Waals surface area (Å²) in [4.78, 5) is 0. The van der Waals surface area contributed by atoms with Crippen LogP contribution < -0.4 is 0 Å². The van der Waals surface area contributed by atoms with Crippen LogP contribution in [0.5, 0.6) is 0 Å². The van der Waals surface area contributed by atoms with E-state index in [1.165, 1.54) is 23.8 Å². The average molecular weight is 297 g/mol. The number of rotatable bonds is 1. The highest BCUT2D eigenvalue weighted by Crippen LogP contribution is 1.75. The highest BCUT2D eigenvalue weighted by Gasteiger charge is 1.47. The smallest absolute Gasteiger partial charge is 0.107 e. The summed E-state index contributed by atoms with van der Waals surface area (Å²) in [6.07, 6.45) is 1.86. The Morgan fingerprint density at radius 1 is 2.20 bits per heavy atom. The number of alkyl halides is 1. The predicted octanol–water partition coefficient (Wildman–Crippen LogP) is 2.23. The molecule has 0 nitrogen and oxygen atoms in total. The number of halogens is 2. The van der Waals surface area contributed by atoms with Gasteiger partial charge in [-0.25, -0.2) is 0 Å². The summed E-state index contributed by atoms with van der Waals surface area (Å²) in [7, 11) is 0. The number of hydrogen-bond acceptors (Lipinski definition) is 0. The van der Waals surface area contributed by atoms with Gasteiger partial charge in [-0.3, -0.25) is 0 Å².